The number of aromatic nitrogens is 4. The number of morpholine rings is 1. The van der Waals surface area contributed by atoms with Gasteiger partial charge < -0.3 is 34.1 Å². The zero-order chi connectivity index (χ0) is 28.9. The molecule has 0 aliphatic carbocycles. The van der Waals surface area contributed by atoms with E-state index in [4.69, 9.17) is 37.4 Å². The predicted octanol–water partition coefficient (Wildman–Crippen LogP) is 4.22. The lowest BCUT2D eigenvalue weighted by Crippen LogP contribution is -2.68. The standard InChI is InChI=1S/C26H26Cl2F2N6O5/c1-13-26(11-39-12-26)40-5-4-35(13)18-6-14(27)9-31-24(18)41-15-7-19(25(37)38)36(10-15)21-8-17(16-2-3-20(28)32-16)33-23(34-21)22(29)30/h2-3,6,8-9,13,15,19,22,32H,4-5,7,10-12H2,1H3,(H,37,38)/t13-,15-,19-/m0/s1. The van der Waals surface area contributed by atoms with Crippen LogP contribution in [0.1, 0.15) is 25.6 Å². The number of H-pyrrole nitrogens is 1. The molecule has 0 aromatic carbocycles. The molecule has 11 nitrogen and oxygen atoms in total. The highest BCUT2D eigenvalue weighted by Crippen LogP contribution is 2.40. The molecular formula is C26H26Cl2F2N6O5. The number of nitrogens with zero attached hydrogens (tertiary/aromatic N) is 5. The van der Waals surface area contributed by atoms with Gasteiger partial charge in [0.15, 0.2) is 5.82 Å². The highest BCUT2D eigenvalue weighted by atomic mass is 35.5. The summed E-state index contributed by atoms with van der Waals surface area (Å²) in [5.41, 5.74) is 0.761. The molecule has 6 heterocycles. The number of pyridine rings is 1. The van der Waals surface area contributed by atoms with Crippen LogP contribution in [0.15, 0.2) is 30.5 Å². The second-order valence-corrected chi connectivity index (χ2v) is 11.1. The average molecular weight is 611 g/mol. The lowest BCUT2D eigenvalue weighted by atomic mass is 9.90. The molecule has 41 heavy (non-hydrogen) atoms. The monoisotopic (exact) mass is 610 g/mol. The van der Waals surface area contributed by atoms with Crippen LogP contribution < -0.4 is 14.5 Å². The van der Waals surface area contributed by atoms with Crippen molar-refractivity contribution in [2.24, 2.45) is 0 Å². The molecule has 3 aromatic rings. The van der Waals surface area contributed by atoms with Crippen LogP contribution >= 0.6 is 23.2 Å². The molecule has 2 N–H and O–H groups in total. The Balaban J connectivity index is 1.29. The predicted molar refractivity (Wildman–Crippen MR) is 145 cm³/mol. The third-order valence-corrected chi connectivity index (χ3v) is 8.15. The smallest absolute Gasteiger partial charge is 0.326 e. The summed E-state index contributed by atoms with van der Waals surface area (Å²) in [6, 6.07) is 5.21. The maximum absolute atomic E-state index is 13.8. The molecule has 3 fully saturated rings. The van der Waals surface area contributed by atoms with Crippen LogP contribution in [0.25, 0.3) is 11.4 Å². The van der Waals surface area contributed by atoms with Crippen molar-refractivity contribution in [1.82, 2.24) is 19.9 Å². The molecule has 3 aromatic heterocycles. The number of anilines is 2. The molecule has 0 unspecified atom stereocenters. The molecule has 3 saturated heterocycles. The second kappa shape index (κ2) is 10.9. The van der Waals surface area contributed by atoms with Crippen molar-refractivity contribution >= 4 is 40.7 Å². The normalized spacial score (nSPS) is 23.7. The lowest BCUT2D eigenvalue weighted by Gasteiger charge is -2.53. The number of carbonyl (C=O) groups is 1. The second-order valence-electron chi connectivity index (χ2n) is 10.2. The van der Waals surface area contributed by atoms with Gasteiger partial charge in [-0.2, -0.15) is 0 Å². The zero-order valence-corrected chi connectivity index (χ0v) is 23.3. The van der Waals surface area contributed by atoms with Gasteiger partial charge in [-0.1, -0.05) is 23.2 Å². The van der Waals surface area contributed by atoms with Gasteiger partial charge >= 0.3 is 5.97 Å². The van der Waals surface area contributed by atoms with E-state index < -0.39 is 36.0 Å². The minimum Gasteiger partial charge on any atom is -0.480 e. The van der Waals surface area contributed by atoms with Crippen molar-refractivity contribution < 1.29 is 32.9 Å². The maximum Gasteiger partial charge on any atom is 0.326 e. The van der Waals surface area contributed by atoms with Gasteiger partial charge in [0.1, 0.15) is 34.4 Å². The van der Waals surface area contributed by atoms with Crippen molar-refractivity contribution in [2.45, 2.75) is 43.6 Å². The quantitative estimate of drug-likeness (QED) is 0.401. The van der Waals surface area contributed by atoms with E-state index in [-0.39, 0.29) is 36.4 Å². The number of nitrogens with one attached hydrogen (secondary N) is 1. The summed E-state index contributed by atoms with van der Waals surface area (Å²) in [6.07, 6.45) is -2.10. The first-order valence-corrected chi connectivity index (χ1v) is 13.7. The van der Waals surface area contributed by atoms with E-state index in [1.54, 1.807) is 18.2 Å². The van der Waals surface area contributed by atoms with Gasteiger partial charge in [-0.3, -0.25) is 0 Å². The van der Waals surface area contributed by atoms with Crippen molar-refractivity contribution in [3.8, 4) is 17.3 Å². The van der Waals surface area contributed by atoms with E-state index in [0.29, 0.717) is 47.9 Å². The first-order valence-electron chi connectivity index (χ1n) is 13.0. The van der Waals surface area contributed by atoms with Crippen LogP contribution in [0, 0.1) is 0 Å². The van der Waals surface area contributed by atoms with E-state index >= 15 is 0 Å². The van der Waals surface area contributed by atoms with Gasteiger partial charge in [-0.15, -0.1) is 0 Å². The Morgan fingerprint density at radius 2 is 2.05 bits per heavy atom. The van der Waals surface area contributed by atoms with Gasteiger partial charge in [-0.05, 0) is 25.1 Å². The van der Waals surface area contributed by atoms with E-state index in [0.717, 1.165) is 0 Å². The van der Waals surface area contributed by atoms with E-state index in [1.165, 1.54) is 17.2 Å². The van der Waals surface area contributed by atoms with Crippen molar-refractivity contribution in [3.05, 3.63) is 46.5 Å². The SMILES string of the molecule is C[C@@H]1N(c2cc(Cl)cnc2O[C@H]2C[C@@H](C(=O)O)N(c3cc(-c4ccc(Cl)[nH]4)nc(C(F)F)n3)C2)CCOC12COC2. The van der Waals surface area contributed by atoms with E-state index in [2.05, 4.69) is 24.8 Å². The Kier molecular flexibility index (Phi) is 7.39. The van der Waals surface area contributed by atoms with Gasteiger partial charge in [-0.25, -0.2) is 28.5 Å². The first-order chi connectivity index (χ1) is 19.6. The van der Waals surface area contributed by atoms with Crippen LogP contribution in [0.3, 0.4) is 0 Å². The van der Waals surface area contributed by atoms with Gasteiger partial charge in [0, 0.05) is 25.2 Å². The van der Waals surface area contributed by atoms with Crippen LogP contribution in [-0.2, 0) is 14.3 Å². The van der Waals surface area contributed by atoms with Crippen LogP contribution in [0.5, 0.6) is 5.88 Å². The summed E-state index contributed by atoms with van der Waals surface area (Å²) in [5.74, 6) is -1.55. The molecule has 0 saturated carbocycles. The fourth-order valence-corrected chi connectivity index (χ4v) is 5.81. The summed E-state index contributed by atoms with van der Waals surface area (Å²) >= 11 is 12.3. The summed E-state index contributed by atoms with van der Waals surface area (Å²) in [4.78, 5) is 31.0. The lowest BCUT2D eigenvalue weighted by molar-refractivity contribution is -0.228. The number of halogens is 4. The summed E-state index contributed by atoms with van der Waals surface area (Å²) in [5, 5.41) is 10.8. The molecule has 3 aliphatic heterocycles. The summed E-state index contributed by atoms with van der Waals surface area (Å²) in [7, 11) is 0. The topological polar surface area (TPSA) is 126 Å². The van der Waals surface area contributed by atoms with Crippen LogP contribution in [0.4, 0.5) is 20.3 Å². The molecule has 3 atom stereocenters. The number of carboxylic acid groups (broad SMARTS) is 1. The van der Waals surface area contributed by atoms with Crippen molar-refractivity contribution in [3.63, 3.8) is 0 Å². The molecule has 0 amide bonds. The average Bonchev–Trinajstić information content (AvgIpc) is 3.55. The Labute approximate surface area is 243 Å². The van der Waals surface area contributed by atoms with Crippen molar-refractivity contribution in [1.29, 1.82) is 0 Å². The third kappa shape index (κ3) is 5.27. The summed E-state index contributed by atoms with van der Waals surface area (Å²) in [6.45, 7) is 4.09. The Bertz CT molecular complexity index is 1460. The number of aromatic amines is 1. The number of hydrogen-bond acceptors (Lipinski definition) is 9. The highest BCUT2D eigenvalue weighted by molar-refractivity contribution is 6.30. The molecule has 6 rings (SSSR count). The molecule has 15 heteroatoms. The Morgan fingerprint density at radius 1 is 1.24 bits per heavy atom. The fraction of sp³-hybridized carbons (Fsp3) is 0.462. The third-order valence-electron chi connectivity index (χ3n) is 7.72. The van der Waals surface area contributed by atoms with Crippen LogP contribution in [0.2, 0.25) is 10.2 Å². The molecule has 3 aliphatic rings. The molecule has 218 valence electrons. The largest absolute Gasteiger partial charge is 0.480 e. The molecular weight excluding hydrogens is 585 g/mol. The number of rotatable bonds is 7. The summed E-state index contributed by atoms with van der Waals surface area (Å²) < 4.78 is 45.3. The minimum absolute atomic E-state index is 0.0348. The Hall–Kier alpha value is -3.26. The molecule has 0 radical (unpaired) electrons. The maximum atomic E-state index is 13.8. The zero-order valence-electron chi connectivity index (χ0n) is 21.8. The van der Waals surface area contributed by atoms with Crippen molar-refractivity contribution in [2.75, 3.05) is 42.7 Å². The first kappa shape index (κ1) is 27.9. The number of alkyl halides is 2. The van der Waals surface area contributed by atoms with Crippen LogP contribution in [-0.4, -0.2) is 87.7 Å². The number of hydrogen-bond donors (Lipinski definition) is 2. The van der Waals surface area contributed by atoms with E-state index in [9.17, 15) is 18.7 Å². The van der Waals surface area contributed by atoms with Gasteiger partial charge in [0.25, 0.3) is 6.43 Å². The fourth-order valence-electron chi connectivity index (χ4n) is 5.50. The Morgan fingerprint density at radius 3 is 2.71 bits per heavy atom. The molecule has 0 bridgehead atoms. The van der Waals surface area contributed by atoms with Gasteiger partial charge in [0.05, 0.1) is 48.8 Å². The number of ether oxygens (including phenoxy) is 3. The minimum atomic E-state index is -2.97. The highest BCUT2D eigenvalue weighted by Gasteiger charge is 2.50. The number of carboxylic acids is 1. The molecule has 1 spiro atoms. The van der Waals surface area contributed by atoms with Gasteiger partial charge in [0.2, 0.25) is 5.88 Å². The number of aliphatic carboxylic acids is 1. The van der Waals surface area contributed by atoms with E-state index in [1.807, 2.05) is 6.92 Å².